The molecule has 0 fully saturated rings. The molecule has 2 aliphatic heterocycles. The van der Waals surface area contributed by atoms with Crippen LogP contribution in [0.15, 0.2) is 146 Å². The molecule has 0 spiro atoms. The second kappa shape index (κ2) is 11.1. The average Bonchev–Trinajstić information content (AvgIpc) is 3.34. The van der Waals surface area contributed by atoms with E-state index in [1.165, 1.54) is 76.5 Å². The van der Waals surface area contributed by atoms with Crippen LogP contribution >= 0.6 is 15.8 Å². The summed E-state index contributed by atoms with van der Waals surface area (Å²) in [7, 11) is -0.778. The predicted molar refractivity (Wildman–Crippen MR) is 212 cm³/mol. The van der Waals surface area contributed by atoms with Crippen molar-refractivity contribution in [2.75, 3.05) is 13.3 Å². The van der Waals surface area contributed by atoms with Gasteiger partial charge in [-0.1, -0.05) is 161 Å². The van der Waals surface area contributed by atoms with E-state index in [-0.39, 0.29) is 15.8 Å². The summed E-state index contributed by atoms with van der Waals surface area (Å²) in [6.07, 6.45) is 2.28. The second-order valence-corrected chi connectivity index (χ2v) is 18.6. The third kappa shape index (κ3) is 4.23. The lowest BCUT2D eigenvalue weighted by Gasteiger charge is -2.37. The number of fused-ring (bicyclic) bond motifs is 14. The summed E-state index contributed by atoms with van der Waals surface area (Å²) in [5.41, 5.74) is 13.0. The SMILES string of the molecule is C[P@]1Cc2ccc3ccccc3c2-c2c(ccc3ccccc23)[C@@H]1[C@H]1c2ccc3ccccc3c2-c2c(ccc3ccccc23)C[P@@]1C. The van der Waals surface area contributed by atoms with E-state index in [0.29, 0.717) is 11.3 Å². The minimum Gasteiger partial charge on any atom is -0.0967 e. The van der Waals surface area contributed by atoms with Gasteiger partial charge < -0.3 is 0 Å². The molecule has 0 nitrogen and oxygen atoms in total. The lowest BCUT2D eigenvalue weighted by Crippen LogP contribution is -2.11. The molecule has 0 saturated heterocycles. The molecular weight excluding hydrogens is 614 g/mol. The maximum Gasteiger partial charge on any atom is 0.0157 e. The van der Waals surface area contributed by atoms with Crippen molar-refractivity contribution < 1.29 is 0 Å². The third-order valence-corrected chi connectivity index (χ3v) is 16.1. The molecule has 8 aromatic rings. The summed E-state index contributed by atoms with van der Waals surface area (Å²) >= 11 is 0. The number of benzene rings is 8. The molecule has 0 unspecified atom stereocenters. The first-order valence-electron chi connectivity index (χ1n) is 17.1. The fraction of sp³-hybridized carbons (Fsp3) is 0.130. The van der Waals surface area contributed by atoms with Crippen molar-refractivity contribution in [1.82, 2.24) is 0 Å². The number of hydrogen-bond acceptors (Lipinski definition) is 0. The highest BCUT2D eigenvalue weighted by Crippen LogP contribution is 2.72. The quantitative estimate of drug-likeness (QED) is 0.155. The Morgan fingerprint density at radius 3 is 1.04 bits per heavy atom. The van der Waals surface area contributed by atoms with Crippen molar-refractivity contribution in [3.8, 4) is 22.3 Å². The minimum absolute atomic E-state index is 0.389. The normalized spacial score (nSPS) is 20.1. The molecule has 0 amide bonds. The average molecular weight is 651 g/mol. The summed E-state index contributed by atoms with van der Waals surface area (Å²) in [6.45, 7) is 5.22. The van der Waals surface area contributed by atoms with E-state index in [4.69, 9.17) is 0 Å². The number of rotatable bonds is 1. The largest absolute Gasteiger partial charge is 0.0967 e. The highest BCUT2D eigenvalue weighted by Gasteiger charge is 2.41. The van der Waals surface area contributed by atoms with Gasteiger partial charge in [0.25, 0.3) is 0 Å². The van der Waals surface area contributed by atoms with Gasteiger partial charge in [-0.3, -0.25) is 0 Å². The van der Waals surface area contributed by atoms with Crippen LogP contribution in [-0.2, 0) is 12.3 Å². The molecule has 10 rings (SSSR count). The zero-order chi connectivity index (χ0) is 31.9. The summed E-state index contributed by atoms with van der Waals surface area (Å²) in [4.78, 5) is 0. The van der Waals surface area contributed by atoms with Gasteiger partial charge in [0.2, 0.25) is 0 Å². The van der Waals surface area contributed by atoms with Gasteiger partial charge in [-0.15, -0.1) is 0 Å². The van der Waals surface area contributed by atoms with E-state index >= 15 is 0 Å². The van der Waals surface area contributed by atoms with E-state index < -0.39 is 0 Å². The Labute approximate surface area is 285 Å². The van der Waals surface area contributed by atoms with Crippen LogP contribution in [0.1, 0.15) is 33.6 Å². The van der Waals surface area contributed by atoms with E-state index in [1.807, 2.05) is 0 Å². The molecule has 4 atom stereocenters. The van der Waals surface area contributed by atoms with Crippen molar-refractivity contribution in [3.05, 3.63) is 168 Å². The van der Waals surface area contributed by atoms with E-state index in [9.17, 15) is 0 Å². The lowest BCUT2D eigenvalue weighted by atomic mass is 9.83. The molecule has 2 heterocycles. The molecule has 0 N–H and O–H groups in total. The molecule has 2 heteroatoms. The van der Waals surface area contributed by atoms with E-state index in [1.54, 1.807) is 11.1 Å². The van der Waals surface area contributed by atoms with Gasteiger partial charge in [-0.2, -0.15) is 0 Å². The van der Waals surface area contributed by atoms with E-state index in [2.05, 4.69) is 159 Å². The highest BCUT2D eigenvalue weighted by atomic mass is 31.1. The molecule has 2 aliphatic rings. The first kappa shape index (κ1) is 28.7. The van der Waals surface area contributed by atoms with Crippen molar-refractivity contribution in [2.24, 2.45) is 0 Å². The van der Waals surface area contributed by atoms with Crippen molar-refractivity contribution >= 4 is 58.9 Å². The van der Waals surface area contributed by atoms with Gasteiger partial charge in [0.05, 0.1) is 0 Å². The van der Waals surface area contributed by atoms with Crippen LogP contribution in [0.2, 0.25) is 0 Å². The van der Waals surface area contributed by atoms with Crippen LogP contribution in [0.25, 0.3) is 65.3 Å². The Kier molecular flexibility index (Phi) is 6.63. The van der Waals surface area contributed by atoms with Gasteiger partial charge in [0.1, 0.15) is 0 Å². The smallest absolute Gasteiger partial charge is 0.0157 e. The Bertz CT molecular complexity index is 2400. The molecule has 48 heavy (non-hydrogen) atoms. The lowest BCUT2D eigenvalue weighted by molar-refractivity contribution is 0.883. The molecular formula is C46H36P2. The molecule has 0 aromatic heterocycles. The minimum atomic E-state index is -0.389. The molecule has 8 aromatic carbocycles. The second-order valence-electron chi connectivity index (χ2n) is 13.9. The summed E-state index contributed by atoms with van der Waals surface area (Å²) in [6, 6.07) is 55.9. The third-order valence-electron chi connectivity index (χ3n) is 11.2. The van der Waals surface area contributed by atoms with Gasteiger partial charge in [-0.25, -0.2) is 0 Å². The van der Waals surface area contributed by atoms with Crippen LogP contribution < -0.4 is 0 Å². The maximum absolute atomic E-state index is 2.61. The van der Waals surface area contributed by atoms with Crippen LogP contribution in [0.4, 0.5) is 0 Å². The first-order chi connectivity index (χ1) is 23.7. The fourth-order valence-corrected chi connectivity index (χ4v) is 15.2. The summed E-state index contributed by atoms with van der Waals surface area (Å²) < 4.78 is 0. The molecule has 230 valence electrons. The van der Waals surface area contributed by atoms with Crippen LogP contribution in [0.5, 0.6) is 0 Å². The van der Waals surface area contributed by atoms with Gasteiger partial charge in [0, 0.05) is 11.3 Å². The van der Waals surface area contributed by atoms with Crippen LogP contribution in [0.3, 0.4) is 0 Å². The van der Waals surface area contributed by atoms with Gasteiger partial charge in [0.15, 0.2) is 0 Å². The topological polar surface area (TPSA) is 0 Å². The Morgan fingerprint density at radius 2 is 0.667 bits per heavy atom. The van der Waals surface area contributed by atoms with Crippen molar-refractivity contribution in [2.45, 2.75) is 23.6 Å². The Hall–Kier alpha value is -4.34. The molecule has 0 saturated carbocycles. The first-order valence-corrected chi connectivity index (χ1v) is 21.2. The van der Waals surface area contributed by atoms with E-state index in [0.717, 1.165) is 12.3 Å². The number of hydrogen-bond donors (Lipinski definition) is 0. The monoisotopic (exact) mass is 650 g/mol. The van der Waals surface area contributed by atoms with Crippen molar-refractivity contribution in [3.63, 3.8) is 0 Å². The zero-order valence-corrected chi connectivity index (χ0v) is 29.1. The molecule has 0 radical (unpaired) electrons. The molecule has 0 bridgehead atoms. The Morgan fingerprint density at radius 1 is 0.354 bits per heavy atom. The zero-order valence-electron chi connectivity index (χ0n) is 27.3. The van der Waals surface area contributed by atoms with Gasteiger partial charge >= 0.3 is 0 Å². The fourth-order valence-electron chi connectivity index (χ4n) is 9.15. The summed E-state index contributed by atoms with van der Waals surface area (Å²) in [5, 5.41) is 10.9. The van der Waals surface area contributed by atoms with Crippen molar-refractivity contribution in [1.29, 1.82) is 0 Å². The molecule has 0 aliphatic carbocycles. The highest BCUT2D eigenvalue weighted by molar-refractivity contribution is 7.60. The summed E-state index contributed by atoms with van der Waals surface area (Å²) in [5.74, 6) is 0. The Balaban J connectivity index is 1.31. The maximum atomic E-state index is 2.61. The van der Waals surface area contributed by atoms with Gasteiger partial charge in [-0.05, 0) is 113 Å². The van der Waals surface area contributed by atoms with Crippen LogP contribution in [0, 0.1) is 0 Å². The standard InChI is InChI=1S/C46H36P2/c1-47-27-33-21-19-29-11-3-7-15-35(29)41(33)43-37-17-9-5-13-31(37)23-25-39(43)45(47)46-40-26-24-32-14-6-10-18-38(32)44(40)42-34(28-48(46)2)22-20-30-12-4-8-16-36(30)42/h3-26,45-46H,27-28H2,1-2H3/t45-,46-,47-,48-/m1/s1. The van der Waals surface area contributed by atoms with Crippen LogP contribution in [-0.4, -0.2) is 13.3 Å². The predicted octanol–water partition coefficient (Wildman–Crippen LogP) is 13.7.